The zero-order valence-electron chi connectivity index (χ0n) is 20.9. The molecule has 2 atom stereocenters. The molecule has 5 rings (SSSR count). The third-order valence-corrected chi connectivity index (χ3v) is 6.43. The summed E-state index contributed by atoms with van der Waals surface area (Å²) in [7, 11) is 1.64. The number of methoxy groups -OCH3 is 1. The number of carbonyl (C=O) groups is 1. The van der Waals surface area contributed by atoms with Crippen LogP contribution >= 0.6 is 0 Å². The van der Waals surface area contributed by atoms with Crippen LogP contribution in [0.4, 0.5) is 0 Å². The summed E-state index contributed by atoms with van der Waals surface area (Å²) in [6.07, 6.45) is 6.32. The van der Waals surface area contributed by atoms with Crippen LogP contribution in [0, 0.1) is 0 Å². The van der Waals surface area contributed by atoms with E-state index in [1.807, 2.05) is 53.4 Å². The van der Waals surface area contributed by atoms with Gasteiger partial charge < -0.3 is 19.1 Å². The fourth-order valence-electron chi connectivity index (χ4n) is 4.38. The van der Waals surface area contributed by atoms with Gasteiger partial charge in [-0.1, -0.05) is 24.3 Å². The lowest BCUT2D eigenvalue weighted by molar-refractivity contribution is 0.0371. The lowest BCUT2D eigenvalue weighted by Crippen LogP contribution is -2.49. The fraction of sp³-hybridized carbons (Fsp3) is 0.286. The first kappa shape index (κ1) is 24.3. The van der Waals surface area contributed by atoms with Crippen LogP contribution in [0.1, 0.15) is 35.7 Å². The number of nitrogens with zero attached hydrogens (tertiary/aromatic N) is 5. The molecule has 0 unspecified atom stereocenters. The van der Waals surface area contributed by atoms with E-state index in [4.69, 9.17) is 14.2 Å². The van der Waals surface area contributed by atoms with Crippen molar-refractivity contribution in [3.8, 4) is 23.1 Å². The number of hydrogen-bond donors (Lipinski definition) is 0. The monoisotopic (exact) mass is 499 g/mol. The Labute approximate surface area is 215 Å². The molecule has 0 saturated carbocycles. The number of hydrogen-bond acceptors (Lipinski definition) is 7. The minimum atomic E-state index is -0.181. The number of benzene rings is 2. The van der Waals surface area contributed by atoms with Crippen LogP contribution in [0.15, 0.2) is 79.3 Å². The molecule has 0 radical (unpaired) electrons. The highest BCUT2D eigenvalue weighted by Gasteiger charge is 2.32. The van der Waals surface area contributed by atoms with Crippen LogP contribution < -0.4 is 14.2 Å². The van der Waals surface area contributed by atoms with Gasteiger partial charge in [-0.05, 0) is 55.7 Å². The van der Waals surface area contributed by atoms with Gasteiger partial charge in [-0.25, -0.2) is 4.98 Å². The smallest absolute Gasteiger partial charge is 0.256 e. The summed E-state index contributed by atoms with van der Waals surface area (Å²) in [6.45, 7) is 2.94. The van der Waals surface area contributed by atoms with Crippen molar-refractivity contribution in [2.45, 2.75) is 38.5 Å². The average Bonchev–Trinajstić information content (AvgIpc) is 3.48. The molecule has 0 N–H and O–H groups in total. The second-order valence-corrected chi connectivity index (χ2v) is 8.93. The number of pyridine rings is 1. The molecular weight excluding hydrogens is 470 g/mol. The molecule has 0 spiro atoms. The van der Waals surface area contributed by atoms with Gasteiger partial charge in [-0.2, -0.15) is 15.0 Å². The number of piperidine rings is 1. The molecule has 1 amide bonds. The molecule has 1 saturated heterocycles. The van der Waals surface area contributed by atoms with Crippen LogP contribution in [0.2, 0.25) is 0 Å². The molecule has 9 heteroatoms. The summed E-state index contributed by atoms with van der Waals surface area (Å²) in [5.74, 6) is 1.87. The van der Waals surface area contributed by atoms with E-state index in [1.165, 1.54) is 4.80 Å². The number of aromatic nitrogens is 4. The maximum Gasteiger partial charge on any atom is 0.256 e. The van der Waals surface area contributed by atoms with E-state index in [0.717, 1.165) is 24.2 Å². The second-order valence-electron chi connectivity index (χ2n) is 8.93. The summed E-state index contributed by atoms with van der Waals surface area (Å²) in [4.78, 5) is 21.3. The Balaban J connectivity index is 1.24. The van der Waals surface area contributed by atoms with Crippen molar-refractivity contribution in [2.75, 3.05) is 13.7 Å². The van der Waals surface area contributed by atoms with Gasteiger partial charge in [-0.15, -0.1) is 0 Å². The number of amides is 1. The minimum Gasteiger partial charge on any atom is -0.497 e. The van der Waals surface area contributed by atoms with E-state index in [-0.39, 0.29) is 18.1 Å². The Morgan fingerprint density at radius 2 is 1.76 bits per heavy atom. The Morgan fingerprint density at radius 1 is 0.973 bits per heavy atom. The Morgan fingerprint density at radius 3 is 2.54 bits per heavy atom. The lowest BCUT2D eigenvalue weighted by Gasteiger charge is -2.38. The Kier molecular flexibility index (Phi) is 7.30. The van der Waals surface area contributed by atoms with Crippen molar-refractivity contribution in [1.82, 2.24) is 24.9 Å². The van der Waals surface area contributed by atoms with E-state index in [0.29, 0.717) is 36.0 Å². The van der Waals surface area contributed by atoms with Gasteiger partial charge in [0.2, 0.25) is 5.88 Å². The molecule has 0 aliphatic carbocycles. The zero-order chi connectivity index (χ0) is 25.6. The van der Waals surface area contributed by atoms with E-state index < -0.39 is 0 Å². The maximum absolute atomic E-state index is 13.6. The van der Waals surface area contributed by atoms with Crippen molar-refractivity contribution in [2.24, 2.45) is 0 Å². The summed E-state index contributed by atoms with van der Waals surface area (Å²) in [5.41, 5.74) is 2.23. The maximum atomic E-state index is 13.6. The molecule has 190 valence electrons. The van der Waals surface area contributed by atoms with Crippen LogP contribution in [-0.2, 0) is 6.61 Å². The standard InChI is InChI=1S/C28H29N5O4/c1-20-7-10-24(18-32(20)28(34)25-5-3-4-6-26(25)33-30-15-16-31-33)37-27-17-23(13-14-29-27)36-19-21-8-11-22(35-2)12-9-21/h3-6,8-9,11-17,20,24H,7,10,18-19H2,1-2H3/t20-,24-/m1/s1. The highest BCUT2D eigenvalue weighted by Crippen LogP contribution is 2.26. The van der Waals surface area contributed by atoms with Gasteiger partial charge in [0.1, 0.15) is 24.2 Å². The molecule has 1 fully saturated rings. The van der Waals surface area contributed by atoms with E-state index in [2.05, 4.69) is 22.1 Å². The van der Waals surface area contributed by atoms with Crippen LogP contribution in [0.3, 0.4) is 0 Å². The van der Waals surface area contributed by atoms with Crippen molar-refractivity contribution < 1.29 is 19.0 Å². The molecule has 1 aliphatic rings. The molecule has 2 aromatic heterocycles. The van der Waals surface area contributed by atoms with Crippen molar-refractivity contribution in [1.29, 1.82) is 0 Å². The number of para-hydroxylation sites is 1. The predicted molar refractivity (Wildman–Crippen MR) is 137 cm³/mol. The lowest BCUT2D eigenvalue weighted by atomic mass is 9.99. The molecule has 37 heavy (non-hydrogen) atoms. The number of ether oxygens (including phenoxy) is 3. The second kappa shape index (κ2) is 11.1. The average molecular weight is 500 g/mol. The fourth-order valence-corrected chi connectivity index (χ4v) is 4.38. The van der Waals surface area contributed by atoms with Crippen LogP contribution in [0.5, 0.6) is 17.4 Å². The first-order chi connectivity index (χ1) is 18.1. The van der Waals surface area contributed by atoms with Crippen molar-refractivity contribution >= 4 is 5.91 Å². The normalized spacial score (nSPS) is 17.3. The molecule has 2 aromatic carbocycles. The van der Waals surface area contributed by atoms with Gasteiger partial charge in [0.15, 0.2) is 0 Å². The van der Waals surface area contributed by atoms with Crippen LogP contribution in [0.25, 0.3) is 5.69 Å². The van der Waals surface area contributed by atoms with Crippen molar-refractivity contribution in [3.05, 3.63) is 90.4 Å². The summed E-state index contributed by atoms with van der Waals surface area (Å²) < 4.78 is 17.4. The molecule has 1 aliphatic heterocycles. The first-order valence-corrected chi connectivity index (χ1v) is 12.3. The van der Waals surface area contributed by atoms with Gasteiger partial charge >= 0.3 is 0 Å². The van der Waals surface area contributed by atoms with Gasteiger partial charge in [0, 0.05) is 18.3 Å². The third kappa shape index (κ3) is 5.72. The Hall–Kier alpha value is -4.40. The number of rotatable bonds is 8. The molecular formula is C28H29N5O4. The Bertz CT molecular complexity index is 1330. The quantitative estimate of drug-likeness (QED) is 0.357. The number of likely N-dealkylation sites (tertiary alicyclic amines) is 1. The molecule has 4 aromatic rings. The SMILES string of the molecule is COc1ccc(COc2ccnc(O[C@@H]3CC[C@@H](C)N(C(=O)c4ccccc4-n4nccn4)C3)c2)cc1. The highest BCUT2D eigenvalue weighted by molar-refractivity contribution is 5.98. The third-order valence-electron chi connectivity index (χ3n) is 6.43. The van der Waals surface area contributed by atoms with E-state index in [1.54, 1.807) is 37.8 Å². The van der Waals surface area contributed by atoms with E-state index in [9.17, 15) is 4.79 Å². The summed E-state index contributed by atoms with van der Waals surface area (Å²) in [6, 6.07) is 18.8. The molecule has 9 nitrogen and oxygen atoms in total. The van der Waals surface area contributed by atoms with Gasteiger partial charge in [-0.3, -0.25) is 4.79 Å². The van der Waals surface area contributed by atoms with Gasteiger partial charge in [0.05, 0.1) is 37.3 Å². The largest absolute Gasteiger partial charge is 0.497 e. The molecule has 3 heterocycles. The predicted octanol–water partition coefficient (Wildman–Crippen LogP) is 4.32. The highest BCUT2D eigenvalue weighted by atomic mass is 16.5. The molecule has 0 bridgehead atoms. The number of carbonyl (C=O) groups excluding carboxylic acids is 1. The van der Waals surface area contributed by atoms with Crippen molar-refractivity contribution in [3.63, 3.8) is 0 Å². The topological polar surface area (TPSA) is 91.6 Å². The summed E-state index contributed by atoms with van der Waals surface area (Å²) >= 11 is 0. The zero-order valence-corrected chi connectivity index (χ0v) is 20.9. The van der Waals surface area contributed by atoms with Crippen LogP contribution in [-0.4, -0.2) is 56.6 Å². The first-order valence-electron chi connectivity index (χ1n) is 12.3. The minimum absolute atomic E-state index is 0.0711. The van der Waals surface area contributed by atoms with E-state index >= 15 is 0 Å². The summed E-state index contributed by atoms with van der Waals surface area (Å²) in [5, 5.41) is 8.40. The van der Waals surface area contributed by atoms with Gasteiger partial charge in [0.25, 0.3) is 5.91 Å².